The van der Waals surface area contributed by atoms with Gasteiger partial charge in [-0.1, -0.05) is 11.8 Å². The fraction of sp³-hybridized carbons (Fsp3) is 0.667. The van der Waals surface area contributed by atoms with Crippen LogP contribution in [0.3, 0.4) is 0 Å². The van der Waals surface area contributed by atoms with Gasteiger partial charge in [0.1, 0.15) is 22.3 Å². The summed E-state index contributed by atoms with van der Waals surface area (Å²) in [5.74, 6) is 2.26. The standard InChI is InChI=1S/C15H23N3O2S/c1-9-12(16-5)17-13(10-6-7-10)18-14(9)21-8-11(19)20-15(2,3)4/h10H,6-8H2,1-5H3,(H,16,17,18). The summed E-state index contributed by atoms with van der Waals surface area (Å²) < 4.78 is 5.33. The van der Waals surface area contributed by atoms with E-state index in [2.05, 4.69) is 15.3 Å². The zero-order chi connectivity index (χ0) is 15.6. The summed E-state index contributed by atoms with van der Waals surface area (Å²) in [6.07, 6.45) is 2.31. The molecular formula is C15H23N3O2S. The molecule has 2 rings (SSSR count). The Labute approximate surface area is 130 Å². The van der Waals surface area contributed by atoms with Crippen molar-refractivity contribution in [2.75, 3.05) is 18.1 Å². The van der Waals surface area contributed by atoms with Crippen molar-refractivity contribution in [1.82, 2.24) is 9.97 Å². The van der Waals surface area contributed by atoms with Crippen LogP contribution in [-0.4, -0.2) is 34.3 Å². The van der Waals surface area contributed by atoms with E-state index in [1.54, 1.807) is 0 Å². The number of carbonyl (C=O) groups excluding carboxylic acids is 1. The third-order valence-corrected chi connectivity index (χ3v) is 4.10. The average Bonchev–Trinajstić information content (AvgIpc) is 3.19. The molecule has 0 saturated heterocycles. The molecule has 1 aromatic rings. The third kappa shape index (κ3) is 4.59. The molecule has 1 aliphatic carbocycles. The first-order valence-corrected chi connectivity index (χ1v) is 8.19. The van der Waals surface area contributed by atoms with E-state index >= 15 is 0 Å². The summed E-state index contributed by atoms with van der Waals surface area (Å²) in [4.78, 5) is 21.0. The number of nitrogens with one attached hydrogen (secondary N) is 1. The molecule has 1 aromatic heterocycles. The number of nitrogens with zero attached hydrogens (tertiary/aromatic N) is 2. The third-order valence-electron chi connectivity index (χ3n) is 3.04. The number of ether oxygens (including phenoxy) is 1. The topological polar surface area (TPSA) is 64.1 Å². The summed E-state index contributed by atoms with van der Waals surface area (Å²) in [7, 11) is 1.86. The van der Waals surface area contributed by atoms with Crippen molar-refractivity contribution < 1.29 is 9.53 Å². The van der Waals surface area contributed by atoms with E-state index < -0.39 is 5.60 Å². The zero-order valence-electron chi connectivity index (χ0n) is 13.3. The van der Waals surface area contributed by atoms with Crippen LogP contribution in [-0.2, 0) is 9.53 Å². The Morgan fingerprint density at radius 2 is 2.05 bits per heavy atom. The molecule has 21 heavy (non-hydrogen) atoms. The van der Waals surface area contributed by atoms with Gasteiger partial charge in [-0.05, 0) is 40.5 Å². The van der Waals surface area contributed by atoms with Gasteiger partial charge in [-0.25, -0.2) is 9.97 Å². The molecule has 0 unspecified atom stereocenters. The van der Waals surface area contributed by atoms with Gasteiger partial charge in [0.2, 0.25) is 0 Å². The van der Waals surface area contributed by atoms with E-state index in [1.165, 1.54) is 11.8 Å². The molecule has 0 bridgehead atoms. The summed E-state index contributed by atoms with van der Waals surface area (Å²) in [5, 5.41) is 3.97. The highest BCUT2D eigenvalue weighted by Gasteiger charge is 2.28. The Morgan fingerprint density at radius 3 is 2.57 bits per heavy atom. The molecule has 1 N–H and O–H groups in total. The second-order valence-electron chi connectivity index (χ2n) is 6.26. The van der Waals surface area contributed by atoms with Crippen LogP contribution in [0.5, 0.6) is 0 Å². The smallest absolute Gasteiger partial charge is 0.316 e. The van der Waals surface area contributed by atoms with Crippen LogP contribution in [0.4, 0.5) is 5.82 Å². The van der Waals surface area contributed by atoms with E-state index in [4.69, 9.17) is 4.74 Å². The second kappa shape index (κ2) is 6.22. The lowest BCUT2D eigenvalue weighted by Crippen LogP contribution is -2.25. The molecule has 1 saturated carbocycles. The van der Waals surface area contributed by atoms with E-state index in [0.29, 0.717) is 5.92 Å². The van der Waals surface area contributed by atoms with Gasteiger partial charge >= 0.3 is 5.97 Å². The SMILES string of the molecule is CNc1nc(C2CC2)nc(SCC(=O)OC(C)(C)C)c1C. The minimum Gasteiger partial charge on any atom is -0.459 e. The normalized spacial score (nSPS) is 14.9. The highest BCUT2D eigenvalue weighted by molar-refractivity contribution is 7.99. The molecule has 1 aliphatic rings. The minimum absolute atomic E-state index is 0.218. The first-order valence-electron chi connectivity index (χ1n) is 7.21. The number of anilines is 1. The molecule has 0 spiro atoms. The van der Waals surface area contributed by atoms with Crippen molar-refractivity contribution in [1.29, 1.82) is 0 Å². The van der Waals surface area contributed by atoms with Crippen LogP contribution in [0.25, 0.3) is 0 Å². The molecule has 0 radical (unpaired) electrons. The summed E-state index contributed by atoms with van der Waals surface area (Å²) in [5.41, 5.74) is 0.531. The molecule has 116 valence electrons. The van der Waals surface area contributed by atoms with Crippen molar-refractivity contribution in [2.45, 2.75) is 57.1 Å². The Bertz CT molecular complexity index is 536. The number of thioether (sulfide) groups is 1. The minimum atomic E-state index is -0.451. The lowest BCUT2D eigenvalue weighted by atomic mass is 10.2. The van der Waals surface area contributed by atoms with E-state index in [0.717, 1.165) is 35.1 Å². The lowest BCUT2D eigenvalue weighted by Gasteiger charge is -2.19. The fourth-order valence-electron chi connectivity index (χ4n) is 1.92. The molecule has 1 heterocycles. The molecule has 6 heteroatoms. The number of rotatable bonds is 5. The summed E-state index contributed by atoms with van der Waals surface area (Å²) in [6, 6.07) is 0. The van der Waals surface area contributed by atoms with Gasteiger partial charge in [-0.3, -0.25) is 4.79 Å². The van der Waals surface area contributed by atoms with Gasteiger partial charge < -0.3 is 10.1 Å². The van der Waals surface area contributed by atoms with Gasteiger partial charge in [0.05, 0.1) is 5.75 Å². The molecule has 0 aliphatic heterocycles. The Morgan fingerprint density at radius 1 is 1.38 bits per heavy atom. The van der Waals surface area contributed by atoms with Gasteiger partial charge in [-0.15, -0.1) is 0 Å². The first kappa shape index (κ1) is 16.1. The molecule has 1 fully saturated rings. The maximum atomic E-state index is 11.8. The van der Waals surface area contributed by atoms with Crippen molar-refractivity contribution >= 4 is 23.5 Å². The van der Waals surface area contributed by atoms with Crippen molar-refractivity contribution in [3.63, 3.8) is 0 Å². The number of hydrogen-bond acceptors (Lipinski definition) is 6. The average molecular weight is 309 g/mol. The van der Waals surface area contributed by atoms with Crippen LogP contribution in [0.2, 0.25) is 0 Å². The van der Waals surface area contributed by atoms with E-state index in [-0.39, 0.29) is 11.7 Å². The van der Waals surface area contributed by atoms with Gasteiger partial charge in [-0.2, -0.15) is 0 Å². The van der Waals surface area contributed by atoms with Crippen LogP contribution >= 0.6 is 11.8 Å². The Kier molecular flexibility index (Phi) is 4.76. The molecule has 0 amide bonds. The Balaban J connectivity index is 2.08. The molecule has 0 atom stereocenters. The van der Waals surface area contributed by atoms with Crippen LogP contribution < -0.4 is 5.32 Å². The van der Waals surface area contributed by atoms with Gasteiger partial charge in [0.25, 0.3) is 0 Å². The lowest BCUT2D eigenvalue weighted by molar-refractivity contribution is -0.151. The zero-order valence-corrected chi connectivity index (χ0v) is 14.1. The predicted octanol–water partition coefficient (Wildman–Crippen LogP) is 3.14. The van der Waals surface area contributed by atoms with Crippen molar-refractivity contribution in [2.24, 2.45) is 0 Å². The van der Waals surface area contributed by atoms with Crippen LogP contribution in [0.15, 0.2) is 5.03 Å². The van der Waals surface area contributed by atoms with Crippen LogP contribution in [0, 0.1) is 6.92 Å². The fourth-order valence-corrected chi connectivity index (χ4v) is 2.70. The largest absolute Gasteiger partial charge is 0.459 e. The Hall–Kier alpha value is -1.30. The van der Waals surface area contributed by atoms with Gasteiger partial charge in [0, 0.05) is 18.5 Å². The monoisotopic (exact) mass is 309 g/mol. The van der Waals surface area contributed by atoms with E-state index in [1.807, 2.05) is 34.7 Å². The van der Waals surface area contributed by atoms with Crippen molar-refractivity contribution in [3.8, 4) is 0 Å². The van der Waals surface area contributed by atoms with Crippen molar-refractivity contribution in [3.05, 3.63) is 11.4 Å². The first-order chi connectivity index (χ1) is 9.80. The van der Waals surface area contributed by atoms with Crippen LogP contribution in [0.1, 0.15) is 50.9 Å². The summed E-state index contributed by atoms with van der Waals surface area (Å²) in [6.45, 7) is 7.58. The highest BCUT2D eigenvalue weighted by Crippen LogP contribution is 2.40. The second-order valence-corrected chi connectivity index (χ2v) is 7.22. The van der Waals surface area contributed by atoms with E-state index in [9.17, 15) is 4.79 Å². The maximum absolute atomic E-state index is 11.8. The molecular weight excluding hydrogens is 286 g/mol. The quantitative estimate of drug-likeness (QED) is 0.512. The number of aromatic nitrogens is 2. The number of esters is 1. The molecule has 5 nitrogen and oxygen atoms in total. The maximum Gasteiger partial charge on any atom is 0.316 e. The number of hydrogen-bond donors (Lipinski definition) is 1. The predicted molar refractivity (Wildman–Crippen MR) is 84.9 cm³/mol. The molecule has 0 aromatic carbocycles. The number of carbonyl (C=O) groups is 1. The van der Waals surface area contributed by atoms with Gasteiger partial charge in [0.15, 0.2) is 0 Å². The summed E-state index contributed by atoms with van der Waals surface area (Å²) >= 11 is 1.42. The highest BCUT2D eigenvalue weighted by atomic mass is 32.2.